The van der Waals surface area contributed by atoms with E-state index in [1.165, 1.54) is 26.2 Å². The monoisotopic (exact) mass is 345 g/mol. The lowest BCUT2D eigenvalue weighted by Gasteiger charge is -2.30. The van der Waals surface area contributed by atoms with Crippen LogP contribution in [0.25, 0.3) is 16.7 Å². The maximum Gasteiger partial charge on any atom is 0.402 e. The van der Waals surface area contributed by atoms with Gasteiger partial charge in [-0.2, -0.15) is 13.2 Å². The SMILES string of the molecule is C/C=C(\C=N)c1cc(OC)cc2c1-c1ccccc1C2(C)C(F)(F)F. The third-order valence-electron chi connectivity index (χ3n) is 4.97. The number of benzene rings is 2. The first-order valence-corrected chi connectivity index (χ1v) is 7.85. The van der Waals surface area contributed by atoms with E-state index in [9.17, 15) is 13.2 Å². The van der Waals surface area contributed by atoms with Gasteiger partial charge in [-0.25, -0.2) is 0 Å². The Balaban J connectivity index is 2.49. The third-order valence-corrected chi connectivity index (χ3v) is 4.97. The molecule has 0 bridgehead atoms. The van der Waals surface area contributed by atoms with Crippen molar-refractivity contribution in [3.63, 3.8) is 0 Å². The number of rotatable bonds is 3. The van der Waals surface area contributed by atoms with Gasteiger partial charge in [0.15, 0.2) is 0 Å². The van der Waals surface area contributed by atoms with Crippen LogP contribution in [0.1, 0.15) is 30.5 Å². The van der Waals surface area contributed by atoms with Crippen molar-refractivity contribution < 1.29 is 17.9 Å². The fourth-order valence-corrected chi connectivity index (χ4v) is 3.55. The summed E-state index contributed by atoms with van der Waals surface area (Å²) in [5.41, 5.74) is 0.472. The molecule has 1 unspecified atom stereocenters. The summed E-state index contributed by atoms with van der Waals surface area (Å²) in [7, 11) is 1.43. The molecule has 2 aromatic carbocycles. The standard InChI is InChI=1S/C20H18F3NO/c1-4-12(11-24)15-9-13(25-3)10-17-18(15)14-7-5-6-8-16(14)19(17,2)20(21,22)23/h4-11,24H,1-3H3/b12-4+,24-11?. The molecule has 0 aromatic heterocycles. The van der Waals surface area contributed by atoms with Crippen LogP contribution < -0.4 is 4.74 Å². The van der Waals surface area contributed by atoms with E-state index in [2.05, 4.69) is 0 Å². The van der Waals surface area contributed by atoms with Crippen molar-refractivity contribution in [2.45, 2.75) is 25.4 Å². The van der Waals surface area contributed by atoms with E-state index in [4.69, 9.17) is 10.1 Å². The molecule has 1 aliphatic rings. The number of fused-ring (bicyclic) bond motifs is 3. The number of ether oxygens (including phenoxy) is 1. The molecule has 2 nitrogen and oxygen atoms in total. The van der Waals surface area contributed by atoms with Gasteiger partial charge < -0.3 is 10.1 Å². The van der Waals surface area contributed by atoms with Crippen LogP contribution in [0.5, 0.6) is 5.75 Å². The van der Waals surface area contributed by atoms with Crippen LogP contribution in [0.15, 0.2) is 42.5 Å². The predicted molar refractivity (Wildman–Crippen MR) is 93.4 cm³/mol. The molecule has 130 valence electrons. The average Bonchev–Trinajstić information content (AvgIpc) is 2.86. The largest absolute Gasteiger partial charge is 0.497 e. The molecule has 0 saturated carbocycles. The second-order valence-corrected chi connectivity index (χ2v) is 6.15. The third kappa shape index (κ3) is 2.29. The topological polar surface area (TPSA) is 33.1 Å². The van der Waals surface area contributed by atoms with Gasteiger partial charge >= 0.3 is 6.18 Å². The van der Waals surface area contributed by atoms with Gasteiger partial charge in [0.1, 0.15) is 11.2 Å². The van der Waals surface area contributed by atoms with Crippen molar-refractivity contribution in [2.75, 3.05) is 7.11 Å². The van der Waals surface area contributed by atoms with Crippen molar-refractivity contribution in [1.82, 2.24) is 0 Å². The Hall–Kier alpha value is -2.56. The average molecular weight is 345 g/mol. The van der Waals surface area contributed by atoms with E-state index >= 15 is 0 Å². The van der Waals surface area contributed by atoms with Crippen molar-refractivity contribution >= 4 is 11.8 Å². The molecule has 1 N–H and O–H groups in total. The van der Waals surface area contributed by atoms with E-state index < -0.39 is 11.6 Å². The van der Waals surface area contributed by atoms with Crippen LogP contribution in [0.2, 0.25) is 0 Å². The minimum absolute atomic E-state index is 0.164. The highest BCUT2D eigenvalue weighted by molar-refractivity contribution is 6.12. The van der Waals surface area contributed by atoms with Gasteiger partial charge in [0.05, 0.1) is 7.11 Å². The Labute approximate surface area is 144 Å². The number of hydrogen-bond acceptors (Lipinski definition) is 2. The van der Waals surface area contributed by atoms with Gasteiger partial charge in [-0.15, -0.1) is 0 Å². The smallest absolute Gasteiger partial charge is 0.402 e. The molecule has 0 radical (unpaired) electrons. The highest BCUT2D eigenvalue weighted by atomic mass is 19.4. The van der Waals surface area contributed by atoms with Crippen molar-refractivity contribution in [3.8, 4) is 16.9 Å². The lowest BCUT2D eigenvalue weighted by atomic mass is 9.79. The molecule has 25 heavy (non-hydrogen) atoms. The van der Waals surface area contributed by atoms with Gasteiger partial charge in [-0.1, -0.05) is 30.3 Å². The summed E-state index contributed by atoms with van der Waals surface area (Å²) in [5.74, 6) is 0.346. The van der Waals surface area contributed by atoms with Crippen LogP contribution in [-0.2, 0) is 5.41 Å². The van der Waals surface area contributed by atoms with Crippen LogP contribution in [0, 0.1) is 5.41 Å². The molecule has 1 atom stereocenters. The minimum Gasteiger partial charge on any atom is -0.497 e. The second kappa shape index (κ2) is 5.76. The van der Waals surface area contributed by atoms with E-state index in [1.54, 1.807) is 37.3 Å². The molecule has 0 aliphatic heterocycles. The molecule has 2 aromatic rings. The number of nitrogens with one attached hydrogen (secondary N) is 1. The zero-order chi connectivity index (χ0) is 18.4. The highest BCUT2D eigenvalue weighted by Gasteiger charge is 2.58. The molecular weight excluding hydrogens is 327 g/mol. The molecule has 1 aliphatic carbocycles. The maximum absolute atomic E-state index is 14.1. The van der Waals surface area contributed by atoms with E-state index in [1.807, 2.05) is 0 Å². The van der Waals surface area contributed by atoms with Crippen molar-refractivity contribution in [3.05, 3.63) is 59.2 Å². The first-order valence-electron chi connectivity index (χ1n) is 7.85. The van der Waals surface area contributed by atoms with E-state index in [-0.39, 0.29) is 11.1 Å². The van der Waals surface area contributed by atoms with Crippen LogP contribution >= 0.6 is 0 Å². The number of hydrogen-bond donors (Lipinski definition) is 1. The van der Waals surface area contributed by atoms with Gasteiger partial charge in [0.2, 0.25) is 0 Å². The zero-order valence-corrected chi connectivity index (χ0v) is 14.2. The summed E-state index contributed by atoms with van der Waals surface area (Å²) >= 11 is 0. The molecule has 3 rings (SSSR count). The van der Waals surface area contributed by atoms with Crippen LogP contribution in [-0.4, -0.2) is 19.5 Å². The highest BCUT2D eigenvalue weighted by Crippen LogP contribution is 2.58. The summed E-state index contributed by atoms with van der Waals surface area (Å²) in [6.45, 7) is 2.97. The lowest BCUT2D eigenvalue weighted by Crippen LogP contribution is -2.38. The molecular formula is C20H18F3NO. The molecule has 0 heterocycles. The fourth-order valence-electron chi connectivity index (χ4n) is 3.55. The number of methoxy groups -OCH3 is 1. The van der Waals surface area contributed by atoms with Crippen molar-refractivity contribution in [1.29, 1.82) is 5.41 Å². The van der Waals surface area contributed by atoms with Crippen LogP contribution in [0.4, 0.5) is 13.2 Å². The summed E-state index contributed by atoms with van der Waals surface area (Å²) in [4.78, 5) is 0. The Kier molecular flexibility index (Phi) is 3.98. The quantitative estimate of drug-likeness (QED) is 0.722. The van der Waals surface area contributed by atoms with Gasteiger partial charge in [0, 0.05) is 6.21 Å². The molecule has 0 saturated heterocycles. The Morgan fingerprint density at radius 1 is 1.16 bits per heavy atom. The predicted octanol–water partition coefficient (Wildman–Crippen LogP) is 5.60. The molecule has 0 amide bonds. The summed E-state index contributed by atoms with van der Waals surface area (Å²) in [5, 5.41) is 7.64. The lowest BCUT2D eigenvalue weighted by molar-refractivity contribution is -0.172. The van der Waals surface area contributed by atoms with Gasteiger partial charge in [0.25, 0.3) is 0 Å². The van der Waals surface area contributed by atoms with Crippen molar-refractivity contribution in [2.24, 2.45) is 0 Å². The van der Waals surface area contributed by atoms with E-state index in [0.717, 1.165) is 6.21 Å². The van der Waals surface area contributed by atoms with Gasteiger partial charge in [-0.3, -0.25) is 0 Å². The Bertz CT molecular complexity index is 883. The number of alkyl halides is 3. The maximum atomic E-state index is 14.1. The second-order valence-electron chi connectivity index (χ2n) is 6.15. The zero-order valence-electron chi connectivity index (χ0n) is 14.2. The summed E-state index contributed by atoms with van der Waals surface area (Å²) < 4.78 is 47.7. The molecule has 5 heteroatoms. The van der Waals surface area contributed by atoms with Crippen LogP contribution in [0.3, 0.4) is 0 Å². The summed E-state index contributed by atoms with van der Waals surface area (Å²) in [6.07, 6.45) is -1.59. The fraction of sp³-hybridized carbons (Fsp3) is 0.250. The van der Waals surface area contributed by atoms with E-state index in [0.29, 0.717) is 28.0 Å². The first kappa shape index (κ1) is 17.3. The number of halogens is 3. The minimum atomic E-state index is -4.46. The molecule has 0 fully saturated rings. The Morgan fingerprint density at radius 3 is 2.40 bits per heavy atom. The first-order chi connectivity index (χ1) is 11.8. The Morgan fingerprint density at radius 2 is 1.84 bits per heavy atom. The van der Waals surface area contributed by atoms with Gasteiger partial charge in [-0.05, 0) is 59.4 Å². The molecule has 0 spiro atoms. The normalized spacial score (nSPS) is 19.4. The summed E-state index contributed by atoms with van der Waals surface area (Å²) in [6, 6.07) is 9.75. The number of allylic oxidation sites excluding steroid dienone is 2.